The maximum absolute atomic E-state index is 14.2. The number of hydrogen-bond acceptors (Lipinski definition) is 6. The average Bonchev–Trinajstić information content (AvgIpc) is 3.57. The van der Waals surface area contributed by atoms with Gasteiger partial charge in [-0.15, -0.1) is 12.4 Å². The predicted molar refractivity (Wildman–Crippen MR) is 146 cm³/mol. The Morgan fingerprint density at radius 1 is 1.05 bits per heavy atom. The molecule has 1 saturated heterocycles. The van der Waals surface area contributed by atoms with Crippen LogP contribution < -0.4 is 15.4 Å². The van der Waals surface area contributed by atoms with Crippen molar-refractivity contribution in [3.05, 3.63) is 77.7 Å². The molecule has 1 saturated carbocycles. The summed E-state index contributed by atoms with van der Waals surface area (Å²) in [5.41, 5.74) is 9.83. The van der Waals surface area contributed by atoms with Crippen LogP contribution in [-0.2, 0) is 10.0 Å². The fraction of sp³-hybridized carbons (Fsp3) is 0.231. The minimum Gasteiger partial charge on any atom is -0.369 e. The summed E-state index contributed by atoms with van der Waals surface area (Å²) in [5.74, 6) is -2.09. The third-order valence-electron chi connectivity index (χ3n) is 7.26. The number of sulfonamides is 1. The van der Waals surface area contributed by atoms with Gasteiger partial charge in [-0.3, -0.25) is 9.71 Å². The van der Waals surface area contributed by atoms with Crippen LogP contribution in [0.15, 0.2) is 65.8 Å². The molecule has 6 rings (SSSR count). The topological polar surface area (TPSA) is 101 Å². The lowest BCUT2D eigenvalue weighted by molar-refractivity contribution is 0.500. The van der Waals surface area contributed by atoms with Crippen molar-refractivity contribution in [3.63, 3.8) is 0 Å². The third-order valence-corrected chi connectivity index (χ3v) is 8.96. The number of anilines is 2. The number of halogens is 4. The molecular weight excluding hydrogens is 555 g/mol. The second-order valence-electron chi connectivity index (χ2n) is 9.65. The maximum atomic E-state index is 14.2. The normalized spacial score (nSPS) is 18.0. The van der Waals surface area contributed by atoms with Gasteiger partial charge in [-0.05, 0) is 54.8 Å². The van der Waals surface area contributed by atoms with E-state index >= 15 is 0 Å². The first-order valence-electron chi connectivity index (χ1n) is 11.7. The molecule has 7 nitrogen and oxygen atoms in total. The quantitative estimate of drug-likeness (QED) is 0.309. The Hall–Kier alpha value is -3.05. The molecule has 1 spiro atoms. The highest BCUT2D eigenvalue weighted by Gasteiger charge is 2.53. The highest BCUT2D eigenvalue weighted by atomic mass is 35.5. The fourth-order valence-corrected chi connectivity index (χ4v) is 6.35. The second-order valence-corrected chi connectivity index (χ2v) is 11.7. The summed E-state index contributed by atoms with van der Waals surface area (Å²) in [7, 11) is -4.39. The molecule has 2 aromatic carbocycles. The number of pyridine rings is 2. The monoisotopic (exact) mass is 577 g/mol. The van der Waals surface area contributed by atoms with E-state index in [-0.39, 0.29) is 34.7 Å². The SMILES string of the molecule is Cl.NC1CN(c2ccnc3ccc(-c4cnc(Cl)c(NS(=O)(=O)c5ccc(F)cc5F)c4)cc23)CC12CC2. The zero-order valence-corrected chi connectivity index (χ0v) is 22.3. The molecule has 2 aliphatic rings. The van der Waals surface area contributed by atoms with E-state index in [2.05, 4.69) is 19.6 Å². The van der Waals surface area contributed by atoms with Gasteiger partial charge in [0.1, 0.15) is 16.5 Å². The Morgan fingerprint density at radius 3 is 2.55 bits per heavy atom. The summed E-state index contributed by atoms with van der Waals surface area (Å²) in [6.45, 7) is 1.68. The smallest absolute Gasteiger partial charge is 0.264 e. The van der Waals surface area contributed by atoms with E-state index in [1.807, 2.05) is 24.3 Å². The molecule has 4 aromatic rings. The highest BCUT2D eigenvalue weighted by Crippen LogP contribution is 2.53. The number of nitrogens with two attached hydrogens (primary N) is 1. The van der Waals surface area contributed by atoms with E-state index < -0.39 is 26.6 Å². The van der Waals surface area contributed by atoms with Crippen molar-refractivity contribution in [1.29, 1.82) is 0 Å². The van der Waals surface area contributed by atoms with Gasteiger partial charge < -0.3 is 10.6 Å². The van der Waals surface area contributed by atoms with Crippen LogP contribution in [0.1, 0.15) is 12.8 Å². The first-order valence-corrected chi connectivity index (χ1v) is 13.5. The Labute approximate surface area is 229 Å². The van der Waals surface area contributed by atoms with Crippen LogP contribution >= 0.6 is 24.0 Å². The first kappa shape index (κ1) is 26.6. The van der Waals surface area contributed by atoms with Gasteiger partial charge >= 0.3 is 0 Å². The van der Waals surface area contributed by atoms with Crippen LogP contribution in [0.2, 0.25) is 5.15 Å². The lowest BCUT2D eigenvalue weighted by Gasteiger charge is -2.20. The second kappa shape index (κ2) is 9.60. The molecule has 1 aliphatic carbocycles. The minimum absolute atomic E-state index is 0. The summed E-state index contributed by atoms with van der Waals surface area (Å²) < 4.78 is 55.3. The van der Waals surface area contributed by atoms with E-state index in [4.69, 9.17) is 17.3 Å². The Balaban J connectivity index is 0.00000294. The van der Waals surface area contributed by atoms with Gasteiger partial charge in [0, 0.05) is 59.6 Å². The molecule has 3 N–H and O–H groups in total. The van der Waals surface area contributed by atoms with Crippen LogP contribution in [-0.4, -0.2) is 37.5 Å². The van der Waals surface area contributed by atoms with Gasteiger partial charge in [0.15, 0.2) is 5.15 Å². The van der Waals surface area contributed by atoms with Crippen molar-refractivity contribution >= 4 is 56.3 Å². The number of nitrogens with zero attached hydrogens (tertiary/aromatic N) is 3. The molecular formula is C26H23Cl2F2N5O2S. The van der Waals surface area contributed by atoms with Crippen molar-refractivity contribution in [2.45, 2.75) is 23.8 Å². The van der Waals surface area contributed by atoms with Gasteiger partial charge in [-0.1, -0.05) is 17.7 Å². The molecule has 0 amide bonds. The van der Waals surface area contributed by atoms with Crippen LogP contribution in [0, 0.1) is 17.0 Å². The summed E-state index contributed by atoms with van der Waals surface area (Å²) in [6, 6.07) is 11.6. The third kappa shape index (κ3) is 4.66. The molecule has 3 heterocycles. The van der Waals surface area contributed by atoms with Crippen molar-refractivity contribution in [3.8, 4) is 11.1 Å². The molecule has 38 heavy (non-hydrogen) atoms. The zero-order chi connectivity index (χ0) is 25.9. The van der Waals surface area contributed by atoms with Crippen LogP contribution in [0.25, 0.3) is 22.0 Å². The zero-order valence-electron chi connectivity index (χ0n) is 19.9. The molecule has 198 valence electrons. The molecule has 2 aromatic heterocycles. The molecule has 0 bridgehead atoms. The molecule has 12 heteroatoms. The Bertz CT molecular complexity index is 1670. The number of hydrogen-bond donors (Lipinski definition) is 2. The largest absolute Gasteiger partial charge is 0.369 e. The average molecular weight is 578 g/mol. The van der Waals surface area contributed by atoms with E-state index in [1.165, 1.54) is 12.3 Å². The van der Waals surface area contributed by atoms with Crippen molar-refractivity contribution in [1.82, 2.24) is 9.97 Å². The molecule has 1 atom stereocenters. The van der Waals surface area contributed by atoms with Crippen LogP contribution in [0.5, 0.6) is 0 Å². The fourth-order valence-electron chi connectivity index (χ4n) is 5.02. The van der Waals surface area contributed by atoms with Crippen molar-refractivity contribution in [2.75, 3.05) is 22.7 Å². The summed E-state index contributed by atoms with van der Waals surface area (Å²) in [4.78, 5) is 10.2. The molecule has 2 fully saturated rings. The van der Waals surface area contributed by atoms with Gasteiger partial charge in [-0.2, -0.15) is 0 Å². The molecule has 1 aliphatic heterocycles. The predicted octanol–water partition coefficient (Wildman–Crippen LogP) is 5.38. The standard InChI is InChI=1S/C26H22ClF2N5O2S.ClH/c27-25-21(33-37(35,36)23-4-2-17(28)11-19(23)29)10-16(12-32-25)15-1-3-20-18(9-15)22(5-8-31-20)34-13-24(30)26(14-34)6-7-26;/h1-5,8-12,24,33H,6-7,13-14,30H2;1H. The number of aromatic nitrogens is 2. The van der Waals surface area contributed by atoms with E-state index in [1.54, 1.807) is 6.20 Å². The summed E-state index contributed by atoms with van der Waals surface area (Å²) in [6.07, 6.45) is 5.61. The van der Waals surface area contributed by atoms with E-state index in [0.29, 0.717) is 11.6 Å². The van der Waals surface area contributed by atoms with Gasteiger partial charge in [0.25, 0.3) is 10.0 Å². The van der Waals surface area contributed by atoms with Gasteiger partial charge in [0.05, 0.1) is 11.2 Å². The van der Waals surface area contributed by atoms with E-state index in [9.17, 15) is 17.2 Å². The first-order chi connectivity index (χ1) is 17.6. The Kier molecular flexibility index (Phi) is 6.71. The Morgan fingerprint density at radius 2 is 1.84 bits per heavy atom. The summed E-state index contributed by atoms with van der Waals surface area (Å²) >= 11 is 6.17. The van der Waals surface area contributed by atoms with Gasteiger partial charge in [-0.25, -0.2) is 22.2 Å². The number of fused-ring (bicyclic) bond motifs is 1. The van der Waals surface area contributed by atoms with Crippen LogP contribution in [0.4, 0.5) is 20.2 Å². The highest BCUT2D eigenvalue weighted by molar-refractivity contribution is 7.92. The lowest BCUT2D eigenvalue weighted by Crippen LogP contribution is -2.30. The van der Waals surface area contributed by atoms with Gasteiger partial charge in [0.2, 0.25) is 0 Å². The number of benzene rings is 2. The maximum Gasteiger partial charge on any atom is 0.264 e. The van der Waals surface area contributed by atoms with Crippen LogP contribution in [0.3, 0.4) is 0 Å². The molecule has 1 unspecified atom stereocenters. The van der Waals surface area contributed by atoms with Crippen molar-refractivity contribution in [2.24, 2.45) is 11.1 Å². The van der Waals surface area contributed by atoms with E-state index in [0.717, 1.165) is 60.2 Å². The minimum atomic E-state index is -4.39. The van der Waals surface area contributed by atoms with Crippen molar-refractivity contribution < 1.29 is 17.2 Å². The summed E-state index contributed by atoms with van der Waals surface area (Å²) in [5, 5.41) is 0.828. The lowest BCUT2D eigenvalue weighted by atomic mass is 10.0. The molecule has 0 radical (unpaired) electrons. The number of rotatable bonds is 5. The number of nitrogens with one attached hydrogen (secondary N) is 1.